The van der Waals surface area contributed by atoms with Crippen molar-refractivity contribution < 1.29 is 16.8 Å². The third kappa shape index (κ3) is 4.56. The summed E-state index contributed by atoms with van der Waals surface area (Å²) >= 11 is 0. The minimum absolute atomic E-state index is 0.163. The minimum Gasteiger partial charge on any atom is -0.184 e. The van der Waals surface area contributed by atoms with Crippen LogP contribution in [0.25, 0.3) is 0 Å². The number of allylic oxidation sites excluding steroid dienone is 4. The molecule has 0 aromatic heterocycles. The van der Waals surface area contributed by atoms with Gasteiger partial charge in [-0.1, -0.05) is 23.7 Å². The second-order valence-electron chi connectivity index (χ2n) is 3.88. The largest absolute Gasteiger partial charge is 0.223 e. The lowest BCUT2D eigenvalue weighted by Gasteiger charge is -2.09. The lowest BCUT2D eigenvalue weighted by Crippen LogP contribution is -2.19. The average Bonchev–Trinajstić information content (AvgIpc) is 2.37. The standard InChI is InChI=1S/C11H13NO5S2/c13-12-8-3-1-2-5-9-6-4-7-10(18(14)15)11(9)19(16)17/h4,6-7H,1-3,5,8H2. The fourth-order valence-corrected chi connectivity index (χ4v) is 3.24. The molecule has 1 aliphatic carbocycles. The van der Waals surface area contributed by atoms with Crippen LogP contribution in [0.5, 0.6) is 0 Å². The van der Waals surface area contributed by atoms with Gasteiger partial charge in [0, 0.05) is 0 Å². The topological polar surface area (TPSA) is 97.7 Å². The average molecular weight is 303 g/mol. The molecule has 0 saturated carbocycles. The van der Waals surface area contributed by atoms with E-state index < -0.39 is 20.6 Å². The van der Waals surface area contributed by atoms with Gasteiger partial charge < -0.3 is 0 Å². The van der Waals surface area contributed by atoms with Crippen molar-refractivity contribution in [2.75, 3.05) is 6.54 Å². The van der Waals surface area contributed by atoms with Gasteiger partial charge in [0.25, 0.3) is 0 Å². The van der Waals surface area contributed by atoms with Gasteiger partial charge in [-0.3, -0.25) is 0 Å². The van der Waals surface area contributed by atoms with Crippen molar-refractivity contribution in [3.8, 4) is 0 Å². The van der Waals surface area contributed by atoms with Gasteiger partial charge >= 0.3 is 0 Å². The maximum Gasteiger partial charge on any atom is 0.223 e. The van der Waals surface area contributed by atoms with Crippen LogP contribution in [0.4, 0.5) is 0 Å². The van der Waals surface area contributed by atoms with Crippen LogP contribution in [0.1, 0.15) is 25.7 Å². The summed E-state index contributed by atoms with van der Waals surface area (Å²) in [4.78, 5) is 9.53. The van der Waals surface area contributed by atoms with E-state index in [0.29, 0.717) is 24.8 Å². The number of unbranched alkanes of at least 4 members (excludes halogenated alkanes) is 2. The van der Waals surface area contributed by atoms with E-state index in [1.165, 1.54) is 12.2 Å². The normalized spacial score (nSPS) is 14.2. The smallest absolute Gasteiger partial charge is 0.184 e. The van der Waals surface area contributed by atoms with Crippen LogP contribution in [0.15, 0.2) is 29.0 Å². The predicted octanol–water partition coefficient (Wildman–Crippen LogP) is 0.912. The molecular weight excluding hydrogens is 290 g/mol. The summed E-state index contributed by atoms with van der Waals surface area (Å²) in [5.41, 5.74) is 0.481. The molecule has 0 saturated heterocycles. The summed E-state index contributed by atoms with van der Waals surface area (Å²) in [7, 11) is -5.17. The molecule has 1 aliphatic rings. The van der Waals surface area contributed by atoms with Crippen LogP contribution >= 0.6 is 0 Å². The molecule has 0 unspecified atom stereocenters. The Morgan fingerprint density at radius 1 is 1.00 bits per heavy atom. The molecule has 0 N–H and O–H groups in total. The predicted molar refractivity (Wildman–Crippen MR) is 74.2 cm³/mol. The van der Waals surface area contributed by atoms with Gasteiger partial charge in [0.05, 0.1) is 6.54 Å². The van der Waals surface area contributed by atoms with E-state index in [4.69, 9.17) is 0 Å². The third-order valence-electron chi connectivity index (χ3n) is 2.60. The molecule has 0 amide bonds. The Bertz CT molecular complexity index is 665. The second-order valence-corrected chi connectivity index (χ2v) is 5.66. The number of hydrogen-bond acceptors (Lipinski definition) is 6. The summed E-state index contributed by atoms with van der Waals surface area (Å²) in [5.74, 6) is 0. The van der Waals surface area contributed by atoms with Gasteiger partial charge in [-0.2, -0.15) is 21.7 Å². The van der Waals surface area contributed by atoms with Crippen LogP contribution in [-0.2, 0) is 20.6 Å². The fourth-order valence-electron chi connectivity index (χ4n) is 1.75. The first kappa shape index (κ1) is 15.5. The van der Waals surface area contributed by atoms with E-state index in [1.54, 1.807) is 6.08 Å². The van der Waals surface area contributed by atoms with Gasteiger partial charge in [-0.05, 0) is 30.9 Å². The Morgan fingerprint density at radius 2 is 1.74 bits per heavy atom. The molecule has 0 atom stereocenters. The van der Waals surface area contributed by atoms with Crippen molar-refractivity contribution in [2.45, 2.75) is 25.7 Å². The molecule has 8 heteroatoms. The summed E-state index contributed by atoms with van der Waals surface area (Å²) in [6.45, 7) is 0.241. The summed E-state index contributed by atoms with van der Waals surface area (Å²) in [6, 6.07) is 0. The third-order valence-corrected chi connectivity index (χ3v) is 4.25. The van der Waals surface area contributed by atoms with Crippen LogP contribution in [0.2, 0.25) is 0 Å². The van der Waals surface area contributed by atoms with E-state index in [-0.39, 0.29) is 16.3 Å². The van der Waals surface area contributed by atoms with E-state index in [0.717, 1.165) is 6.42 Å². The van der Waals surface area contributed by atoms with Crippen LogP contribution in [0, 0.1) is 4.91 Å². The zero-order chi connectivity index (χ0) is 14.3. The minimum atomic E-state index is -2.59. The molecule has 0 bridgehead atoms. The lowest BCUT2D eigenvalue weighted by molar-refractivity contribution is 0.624. The molecule has 1 rings (SSSR count). The molecule has 0 radical (unpaired) electrons. The van der Waals surface area contributed by atoms with Crippen LogP contribution in [-0.4, -0.2) is 33.1 Å². The van der Waals surface area contributed by atoms with Crippen molar-refractivity contribution in [2.24, 2.45) is 5.18 Å². The maximum absolute atomic E-state index is 11.2. The molecule has 0 aromatic carbocycles. The number of rotatable bonds is 6. The van der Waals surface area contributed by atoms with E-state index in [1.807, 2.05) is 0 Å². The fraction of sp³-hybridized carbons (Fsp3) is 0.455. The first-order valence-electron chi connectivity index (χ1n) is 5.67. The number of hydrogen-bond donors (Lipinski definition) is 0. The van der Waals surface area contributed by atoms with Crippen molar-refractivity contribution in [1.29, 1.82) is 0 Å². The van der Waals surface area contributed by atoms with Gasteiger partial charge in [0.1, 0.15) is 9.73 Å². The van der Waals surface area contributed by atoms with Crippen molar-refractivity contribution in [1.82, 2.24) is 0 Å². The molecule has 0 aliphatic heterocycles. The lowest BCUT2D eigenvalue weighted by atomic mass is 9.99. The van der Waals surface area contributed by atoms with Gasteiger partial charge in [0.15, 0.2) is 0 Å². The Balaban J connectivity index is 2.86. The van der Waals surface area contributed by atoms with Crippen molar-refractivity contribution in [3.63, 3.8) is 0 Å². The SMILES string of the molecule is O=NCCCCCC1=CC=CC(=S(=O)=O)C1=S(=O)=O. The van der Waals surface area contributed by atoms with E-state index in [9.17, 15) is 21.7 Å². The molecule has 0 spiro atoms. The molecular formula is C11H13NO5S2. The Kier molecular flexibility index (Phi) is 6.37. The van der Waals surface area contributed by atoms with E-state index >= 15 is 0 Å². The number of nitroso groups, excluding NO2 is 1. The highest BCUT2D eigenvalue weighted by Crippen LogP contribution is 2.15. The van der Waals surface area contributed by atoms with Gasteiger partial charge in [0.2, 0.25) is 20.6 Å². The summed E-state index contributed by atoms with van der Waals surface area (Å²) < 4.78 is 44.3. The quantitative estimate of drug-likeness (QED) is 0.413. The molecule has 6 nitrogen and oxygen atoms in total. The maximum atomic E-state index is 11.2. The Hall–Kier alpha value is -1.54. The zero-order valence-corrected chi connectivity index (χ0v) is 11.7. The number of nitrogens with zero attached hydrogens (tertiary/aromatic N) is 1. The first-order valence-corrected chi connectivity index (χ1v) is 7.82. The van der Waals surface area contributed by atoms with Crippen LogP contribution in [0.3, 0.4) is 0 Å². The first-order chi connectivity index (χ1) is 9.07. The van der Waals surface area contributed by atoms with Gasteiger partial charge in [-0.25, -0.2) is 0 Å². The molecule has 0 fully saturated rings. The highest BCUT2D eigenvalue weighted by molar-refractivity contribution is 7.83. The van der Waals surface area contributed by atoms with Crippen molar-refractivity contribution >= 4 is 30.3 Å². The molecule has 0 heterocycles. The van der Waals surface area contributed by atoms with Crippen LogP contribution < -0.4 is 0 Å². The summed E-state index contributed by atoms with van der Waals surface area (Å²) in [5, 5.41) is 2.73. The molecule has 19 heavy (non-hydrogen) atoms. The summed E-state index contributed by atoms with van der Waals surface area (Å²) in [6.07, 6.45) is 6.88. The van der Waals surface area contributed by atoms with Gasteiger partial charge in [-0.15, -0.1) is 0 Å². The Morgan fingerprint density at radius 3 is 2.32 bits per heavy atom. The monoisotopic (exact) mass is 303 g/mol. The zero-order valence-electron chi connectivity index (χ0n) is 10.1. The Labute approximate surface area is 113 Å². The molecule has 104 valence electrons. The highest BCUT2D eigenvalue weighted by atomic mass is 32.2. The molecule has 0 aromatic rings. The second kappa shape index (κ2) is 7.80. The van der Waals surface area contributed by atoms with E-state index in [2.05, 4.69) is 5.18 Å². The highest BCUT2D eigenvalue weighted by Gasteiger charge is 2.18. The van der Waals surface area contributed by atoms with Crippen molar-refractivity contribution in [3.05, 3.63) is 28.7 Å².